The Morgan fingerprint density at radius 3 is 2.48 bits per heavy atom. The second kappa shape index (κ2) is 5.51. The van der Waals surface area contributed by atoms with E-state index in [0.717, 1.165) is 5.56 Å². The van der Waals surface area contributed by atoms with E-state index in [2.05, 4.69) is 15.1 Å². The molecule has 112 valence electrons. The van der Waals surface area contributed by atoms with Crippen molar-refractivity contribution in [2.24, 2.45) is 7.05 Å². The van der Waals surface area contributed by atoms with Crippen molar-refractivity contribution in [3.63, 3.8) is 0 Å². The van der Waals surface area contributed by atoms with E-state index in [1.54, 1.807) is 37.2 Å². The smallest absolute Gasteiger partial charge is 0.415 e. The van der Waals surface area contributed by atoms with Crippen LogP contribution in [0.5, 0.6) is 0 Å². The number of aryl methyl sites for hydroxylation is 1. The van der Waals surface area contributed by atoms with Gasteiger partial charge in [0.05, 0.1) is 5.69 Å². The second-order valence-electron chi connectivity index (χ2n) is 5.68. The summed E-state index contributed by atoms with van der Waals surface area (Å²) in [5.74, 6) is 0.628. The highest BCUT2D eigenvalue weighted by atomic mass is 16.6. The number of hydrogen-bond donors (Lipinski definition) is 0. The SMILES string of the molecule is CN(C(=O)OC(C)(C)C)c1cc(-c2cncnc2)nn1C. The Hall–Kier alpha value is -2.44. The normalized spacial score (nSPS) is 11.3. The first-order valence-corrected chi connectivity index (χ1v) is 6.54. The molecule has 0 spiro atoms. The first-order chi connectivity index (χ1) is 9.78. The molecule has 0 aromatic carbocycles. The van der Waals surface area contributed by atoms with Crippen LogP contribution in [0.25, 0.3) is 11.3 Å². The van der Waals surface area contributed by atoms with Crippen molar-refractivity contribution in [2.45, 2.75) is 26.4 Å². The van der Waals surface area contributed by atoms with Gasteiger partial charge in [-0.25, -0.2) is 14.8 Å². The number of nitrogens with zero attached hydrogens (tertiary/aromatic N) is 5. The topological polar surface area (TPSA) is 73.1 Å². The maximum atomic E-state index is 12.1. The van der Waals surface area contributed by atoms with Crippen LogP contribution in [-0.2, 0) is 11.8 Å². The molecule has 0 aliphatic rings. The van der Waals surface area contributed by atoms with Gasteiger partial charge in [0, 0.05) is 38.1 Å². The molecule has 0 saturated heterocycles. The number of carbonyl (C=O) groups excluding carboxylic acids is 1. The summed E-state index contributed by atoms with van der Waals surface area (Å²) in [5, 5.41) is 4.37. The van der Waals surface area contributed by atoms with E-state index in [-0.39, 0.29) is 0 Å². The van der Waals surface area contributed by atoms with Crippen molar-refractivity contribution in [1.29, 1.82) is 0 Å². The predicted molar refractivity (Wildman–Crippen MR) is 78.9 cm³/mol. The van der Waals surface area contributed by atoms with Gasteiger partial charge in [-0.15, -0.1) is 0 Å². The van der Waals surface area contributed by atoms with Gasteiger partial charge in [-0.1, -0.05) is 0 Å². The van der Waals surface area contributed by atoms with Crippen LogP contribution in [0.15, 0.2) is 24.8 Å². The number of anilines is 1. The quantitative estimate of drug-likeness (QED) is 0.847. The number of amides is 1. The molecule has 21 heavy (non-hydrogen) atoms. The third-order valence-electron chi connectivity index (χ3n) is 2.72. The molecule has 1 amide bonds. The average Bonchev–Trinajstić information content (AvgIpc) is 2.79. The summed E-state index contributed by atoms with van der Waals surface area (Å²) >= 11 is 0. The van der Waals surface area contributed by atoms with Gasteiger partial charge in [0.2, 0.25) is 0 Å². The van der Waals surface area contributed by atoms with E-state index < -0.39 is 11.7 Å². The Balaban J connectivity index is 2.25. The van der Waals surface area contributed by atoms with Crippen molar-refractivity contribution in [3.05, 3.63) is 24.8 Å². The zero-order chi connectivity index (χ0) is 15.6. The van der Waals surface area contributed by atoms with Gasteiger partial charge in [-0.05, 0) is 20.8 Å². The van der Waals surface area contributed by atoms with Crippen molar-refractivity contribution in [1.82, 2.24) is 19.7 Å². The van der Waals surface area contributed by atoms with E-state index in [9.17, 15) is 4.79 Å². The van der Waals surface area contributed by atoms with Crippen molar-refractivity contribution in [3.8, 4) is 11.3 Å². The molecule has 0 fully saturated rings. The van der Waals surface area contributed by atoms with Crippen LogP contribution in [0.1, 0.15) is 20.8 Å². The fraction of sp³-hybridized carbons (Fsp3) is 0.429. The minimum atomic E-state index is -0.542. The molecular formula is C14H19N5O2. The van der Waals surface area contributed by atoms with Crippen molar-refractivity contribution >= 4 is 11.9 Å². The summed E-state index contributed by atoms with van der Waals surface area (Å²) < 4.78 is 6.96. The lowest BCUT2D eigenvalue weighted by Gasteiger charge is -2.24. The summed E-state index contributed by atoms with van der Waals surface area (Å²) in [6.07, 6.45) is 4.38. The summed E-state index contributed by atoms with van der Waals surface area (Å²) in [5.41, 5.74) is 0.945. The first kappa shape index (κ1) is 15.0. The van der Waals surface area contributed by atoms with E-state index in [1.807, 2.05) is 20.8 Å². The molecule has 2 aromatic rings. The molecule has 0 radical (unpaired) electrons. The van der Waals surface area contributed by atoms with Crippen LogP contribution in [-0.4, -0.2) is 38.5 Å². The zero-order valence-electron chi connectivity index (χ0n) is 12.9. The van der Waals surface area contributed by atoms with E-state index in [0.29, 0.717) is 11.5 Å². The highest BCUT2D eigenvalue weighted by molar-refractivity contribution is 5.87. The largest absolute Gasteiger partial charge is 0.443 e. The number of hydrogen-bond acceptors (Lipinski definition) is 5. The molecule has 0 atom stereocenters. The van der Waals surface area contributed by atoms with Gasteiger partial charge < -0.3 is 4.74 Å². The molecule has 0 unspecified atom stereocenters. The second-order valence-corrected chi connectivity index (χ2v) is 5.68. The van der Waals surface area contributed by atoms with Gasteiger partial charge in [-0.3, -0.25) is 9.58 Å². The Morgan fingerprint density at radius 1 is 1.29 bits per heavy atom. The molecule has 0 N–H and O–H groups in total. The third-order valence-corrected chi connectivity index (χ3v) is 2.72. The Labute approximate surface area is 123 Å². The summed E-state index contributed by atoms with van der Waals surface area (Å²) in [4.78, 5) is 21.4. The lowest BCUT2D eigenvalue weighted by Crippen LogP contribution is -2.35. The van der Waals surface area contributed by atoms with Crippen LogP contribution in [0.2, 0.25) is 0 Å². The zero-order valence-corrected chi connectivity index (χ0v) is 12.9. The lowest BCUT2D eigenvalue weighted by atomic mass is 10.2. The van der Waals surface area contributed by atoms with Gasteiger partial charge in [0.1, 0.15) is 17.7 Å². The first-order valence-electron chi connectivity index (χ1n) is 6.54. The van der Waals surface area contributed by atoms with Crippen LogP contribution in [0.4, 0.5) is 10.6 Å². The van der Waals surface area contributed by atoms with Gasteiger partial charge in [-0.2, -0.15) is 5.10 Å². The maximum absolute atomic E-state index is 12.1. The summed E-state index contributed by atoms with van der Waals surface area (Å²) in [6, 6.07) is 1.79. The van der Waals surface area contributed by atoms with Gasteiger partial charge in [0.15, 0.2) is 0 Å². The monoisotopic (exact) mass is 289 g/mol. The highest BCUT2D eigenvalue weighted by Crippen LogP contribution is 2.23. The van der Waals surface area contributed by atoms with Crippen LogP contribution in [0, 0.1) is 0 Å². The molecule has 7 heteroatoms. The van der Waals surface area contributed by atoms with Crippen LogP contribution >= 0.6 is 0 Å². The van der Waals surface area contributed by atoms with Crippen molar-refractivity contribution < 1.29 is 9.53 Å². The number of ether oxygens (including phenoxy) is 1. The molecule has 0 aliphatic carbocycles. The number of carbonyl (C=O) groups is 1. The van der Waals surface area contributed by atoms with E-state index in [4.69, 9.17) is 4.74 Å². The fourth-order valence-electron chi connectivity index (χ4n) is 1.77. The standard InChI is InChI=1S/C14H19N5O2/c1-14(2,3)21-13(20)18(4)12-6-11(17-19(12)5)10-7-15-9-16-8-10/h6-9H,1-5H3. The molecule has 2 rings (SSSR count). The Bertz CT molecular complexity index is 631. The van der Waals surface area contributed by atoms with Gasteiger partial charge >= 0.3 is 6.09 Å². The minimum Gasteiger partial charge on any atom is -0.443 e. The molecule has 0 saturated carbocycles. The predicted octanol–water partition coefficient (Wildman–Crippen LogP) is 2.25. The average molecular weight is 289 g/mol. The summed E-state index contributed by atoms with van der Waals surface area (Å²) in [7, 11) is 3.42. The van der Waals surface area contributed by atoms with Crippen LogP contribution < -0.4 is 4.90 Å². The van der Waals surface area contributed by atoms with Crippen LogP contribution in [0.3, 0.4) is 0 Å². The Morgan fingerprint density at radius 2 is 1.90 bits per heavy atom. The minimum absolute atomic E-state index is 0.429. The number of aromatic nitrogens is 4. The highest BCUT2D eigenvalue weighted by Gasteiger charge is 2.23. The molecule has 0 bridgehead atoms. The van der Waals surface area contributed by atoms with Crippen molar-refractivity contribution in [2.75, 3.05) is 11.9 Å². The van der Waals surface area contributed by atoms with Gasteiger partial charge in [0.25, 0.3) is 0 Å². The third kappa shape index (κ3) is 3.56. The van der Waals surface area contributed by atoms with E-state index in [1.165, 1.54) is 11.2 Å². The Kier molecular flexibility index (Phi) is 3.93. The molecule has 2 aromatic heterocycles. The molecule has 0 aliphatic heterocycles. The van der Waals surface area contributed by atoms with E-state index >= 15 is 0 Å². The lowest BCUT2D eigenvalue weighted by molar-refractivity contribution is 0.0587. The maximum Gasteiger partial charge on any atom is 0.415 e. The molecule has 7 nitrogen and oxygen atoms in total. The molecular weight excluding hydrogens is 270 g/mol. The molecule has 2 heterocycles. The summed E-state index contributed by atoms with van der Waals surface area (Å²) in [6.45, 7) is 5.48. The fourth-order valence-corrected chi connectivity index (χ4v) is 1.77. The number of rotatable bonds is 2.